The van der Waals surface area contributed by atoms with Crippen molar-refractivity contribution in [2.75, 3.05) is 32.8 Å². The Balaban J connectivity index is 1.08. The average Bonchev–Trinajstić information content (AvgIpc) is 3.59. The average molecular weight is 479 g/mol. The Morgan fingerprint density at radius 1 is 1.06 bits per heavy atom. The van der Waals surface area contributed by atoms with Crippen LogP contribution in [0, 0.1) is 11.8 Å². The lowest BCUT2D eigenvalue weighted by molar-refractivity contribution is -0.139. The van der Waals surface area contributed by atoms with Crippen LogP contribution in [0.1, 0.15) is 36.3 Å². The molecule has 3 atom stereocenters. The van der Waals surface area contributed by atoms with Crippen molar-refractivity contribution in [1.82, 2.24) is 10.2 Å². The highest BCUT2D eigenvalue weighted by Gasteiger charge is 2.37. The van der Waals surface area contributed by atoms with Gasteiger partial charge in [0.25, 0.3) is 0 Å². The van der Waals surface area contributed by atoms with Crippen molar-refractivity contribution in [3.8, 4) is 11.1 Å². The summed E-state index contributed by atoms with van der Waals surface area (Å²) in [6.07, 6.45) is 0.599. The molecular formula is C27H30N2O6. The monoisotopic (exact) mass is 478 g/mol. The molecule has 3 aliphatic rings. The molecule has 2 aromatic carbocycles. The first-order chi connectivity index (χ1) is 17.0. The number of alkyl carbamates (subject to hydrolysis) is 1. The van der Waals surface area contributed by atoms with Gasteiger partial charge in [-0.3, -0.25) is 9.59 Å². The zero-order valence-electron chi connectivity index (χ0n) is 19.5. The van der Waals surface area contributed by atoms with Gasteiger partial charge in [0, 0.05) is 32.0 Å². The summed E-state index contributed by atoms with van der Waals surface area (Å²) in [5, 5.41) is 11.7. The Morgan fingerprint density at radius 2 is 1.74 bits per heavy atom. The number of carbonyl (C=O) groups excluding carboxylic acids is 2. The van der Waals surface area contributed by atoms with Crippen LogP contribution in [-0.4, -0.2) is 66.9 Å². The number of ether oxygens (including phenoxy) is 2. The highest BCUT2D eigenvalue weighted by molar-refractivity contribution is 5.80. The highest BCUT2D eigenvalue weighted by Crippen LogP contribution is 2.44. The molecule has 0 spiro atoms. The van der Waals surface area contributed by atoms with Gasteiger partial charge in [-0.1, -0.05) is 48.5 Å². The van der Waals surface area contributed by atoms with Gasteiger partial charge in [-0.15, -0.1) is 0 Å². The van der Waals surface area contributed by atoms with Gasteiger partial charge in [0.05, 0.1) is 18.6 Å². The summed E-state index contributed by atoms with van der Waals surface area (Å²) >= 11 is 0. The van der Waals surface area contributed by atoms with Crippen LogP contribution >= 0.6 is 0 Å². The second-order valence-electron chi connectivity index (χ2n) is 9.63. The number of hydrogen-bond acceptors (Lipinski definition) is 5. The van der Waals surface area contributed by atoms with E-state index in [-0.39, 0.29) is 49.3 Å². The van der Waals surface area contributed by atoms with E-state index in [9.17, 15) is 14.4 Å². The number of nitrogens with zero attached hydrogens (tertiary/aromatic N) is 1. The molecule has 8 nitrogen and oxygen atoms in total. The topological polar surface area (TPSA) is 105 Å². The fourth-order valence-corrected chi connectivity index (χ4v) is 5.57. The molecule has 1 aliphatic carbocycles. The summed E-state index contributed by atoms with van der Waals surface area (Å²) in [6, 6.07) is 16.4. The minimum Gasteiger partial charge on any atom is -0.481 e. The number of benzene rings is 2. The molecule has 8 heteroatoms. The molecule has 35 heavy (non-hydrogen) atoms. The normalized spacial score (nSPS) is 23.1. The molecule has 184 valence electrons. The third-order valence-corrected chi connectivity index (χ3v) is 7.31. The molecule has 2 amide bonds. The molecule has 2 aromatic rings. The number of likely N-dealkylation sites (tertiary alicyclic amines) is 1. The van der Waals surface area contributed by atoms with Crippen LogP contribution in [0.5, 0.6) is 0 Å². The number of carboxylic acids is 1. The van der Waals surface area contributed by atoms with E-state index in [4.69, 9.17) is 14.6 Å². The molecule has 2 fully saturated rings. The van der Waals surface area contributed by atoms with Gasteiger partial charge in [0.2, 0.25) is 5.91 Å². The van der Waals surface area contributed by atoms with Crippen LogP contribution in [0.2, 0.25) is 0 Å². The van der Waals surface area contributed by atoms with Crippen LogP contribution in [0.25, 0.3) is 11.1 Å². The van der Waals surface area contributed by atoms with Gasteiger partial charge < -0.3 is 24.8 Å². The predicted molar refractivity (Wildman–Crippen MR) is 128 cm³/mol. The van der Waals surface area contributed by atoms with E-state index in [1.165, 1.54) is 11.1 Å². The van der Waals surface area contributed by atoms with Crippen LogP contribution in [0.4, 0.5) is 4.79 Å². The van der Waals surface area contributed by atoms with E-state index in [0.717, 1.165) is 17.5 Å². The Hall–Kier alpha value is -3.39. The molecular weight excluding hydrogens is 448 g/mol. The molecule has 5 rings (SSSR count). The van der Waals surface area contributed by atoms with Crippen molar-refractivity contribution in [2.24, 2.45) is 11.8 Å². The summed E-state index contributed by atoms with van der Waals surface area (Å²) in [6.45, 7) is 1.93. The van der Waals surface area contributed by atoms with Gasteiger partial charge in [0.1, 0.15) is 6.61 Å². The van der Waals surface area contributed by atoms with Gasteiger partial charge in [-0.2, -0.15) is 0 Å². The second kappa shape index (κ2) is 10.1. The second-order valence-corrected chi connectivity index (χ2v) is 9.63. The van der Waals surface area contributed by atoms with Gasteiger partial charge in [0.15, 0.2) is 0 Å². The third-order valence-electron chi connectivity index (χ3n) is 7.31. The van der Waals surface area contributed by atoms with E-state index in [2.05, 4.69) is 29.6 Å². The molecule has 2 saturated heterocycles. The lowest BCUT2D eigenvalue weighted by Gasteiger charge is -2.19. The summed E-state index contributed by atoms with van der Waals surface area (Å²) < 4.78 is 11.3. The summed E-state index contributed by atoms with van der Waals surface area (Å²) in [7, 11) is 0. The lowest BCUT2D eigenvalue weighted by atomic mass is 9.98. The number of aliphatic carboxylic acids is 1. The largest absolute Gasteiger partial charge is 0.481 e. The standard InChI is InChI=1S/C27H30N2O6/c30-25(31)11-17-9-10-29(14-17)26(32)18-12-19(34-15-18)13-28-27(33)35-16-24-22-7-3-1-5-20(22)21-6-2-4-8-23(21)24/h1-8,17-19,24H,9-16H2,(H,28,33)(H,30,31). The number of nitrogens with one attached hydrogen (secondary N) is 1. The molecule has 2 N–H and O–H groups in total. The Kier molecular flexibility index (Phi) is 6.72. The SMILES string of the molecule is O=C(O)CC1CCN(C(=O)C2COC(CNC(=O)OCC3c4ccccc4-c4ccccc43)C2)C1. The smallest absolute Gasteiger partial charge is 0.407 e. The Bertz CT molecular complexity index is 1070. The van der Waals surface area contributed by atoms with Crippen LogP contribution < -0.4 is 5.32 Å². The highest BCUT2D eigenvalue weighted by atomic mass is 16.5. The first kappa shape index (κ1) is 23.4. The third kappa shape index (κ3) is 5.03. The predicted octanol–water partition coefficient (Wildman–Crippen LogP) is 3.25. The number of fused-ring (bicyclic) bond motifs is 3. The van der Waals surface area contributed by atoms with Crippen molar-refractivity contribution in [2.45, 2.75) is 31.3 Å². The fourth-order valence-electron chi connectivity index (χ4n) is 5.57. The van der Waals surface area contributed by atoms with Crippen molar-refractivity contribution < 1.29 is 29.0 Å². The van der Waals surface area contributed by atoms with E-state index in [1.807, 2.05) is 24.3 Å². The summed E-state index contributed by atoms with van der Waals surface area (Å²) in [5.41, 5.74) is 4.68. The maximum atomic E-state index is 12.8. The zero-order chi connectivity index (χ0) is 24.4. The van der Waals surface area contributed by atoms with Crippen LogP contribution in [0.15, 0.2) is 48.5 Å². The van der Waals surface area contributed by atoms with E-state index in [1.54, 1.807) is 4.90 Å². The van der Waals surface area contributed by atoms with Gasteiger partial charge >= 0.3 is 12.1 Å². The molecule has 2 heterocycles. The lowest BCUT2D eigenvalue weighted by Crippen LogP contribution is -2.36. The zero-order valence-corrected chi connectivity index (χ0v) is 19.5. The number of rotatable bonds is 7. The first-order valence-corrected chi connectivity index (χ1v) is 12.2. The molecule has 2 aliphatic heterocycles. The number of carboxylic acid groups (broad SMARTS) is 1. The van der Waals surface area contributed by atoms with E-state index >= 15 is 0 Å². The van der Waals surface area contributed by atoms with E-state index < -0.39 is 12.1 Å². The van der Waals surface area contributed by atoms with Crippen molar-refractivity contribution in [3.05, 3.63) is 59.7 Å². The van der Waals surface area contributed by atoms with Crippen LogP contribution in [0.3, 0.4) is 0 Å². The van der Waals surface area contributed by atoms with E-state index in [0.29, 0.717) is 26.1 Å². The molecule has 0 bridgehead atoms. The minimum absolute atomic E-state index is 0.00305. The molecule has 0 saturated carbocycles. The first-order valence-electron chi connectivity index (χ1n) is 12.2. The van der Waals surface area contributed by atoms with Crippen molar-refractivity contribution >= 4 is 18.0 Å². The number of carbonyl (C=O) groups is 3. The molecule has 3 unspecified atom stereocenters. The Morgan fingerprint density at radius 3 is 2.43 bits per heavy atom. The quantitative estimate of drug-likeness (QED) is 0.633. The fraction of sp³-hybridized carbons (Fsp3) is 0.444. The number of hydrogen-bond donors (Lipinski definition) is 2. The van der Waals surface area contributed by atoms with Crippen LogP contribution in [-0.2, 0) is 19.1 Å². The Labute approximate surface area is 204 Å². The summed E-state index contributed by atoms with van der Waals surface area (Å²) in [5.74, 6) is -1.05. The maximum absolute atomic E-state index is 12.8. The maximum Gasteiger partial charge on any atom is 0.407 e. The van der Waals surface area contributed by atoms with Gasteiger partial charge in [-0.25, -0.2) is 4.79 Å². The number of amides is 2. The summed E-state index contributed by atoms with van der Waals surface area (Å²) in [4.78, 5) is 37.9. The van der Waals surface area contributed by atoms with Gasteiger partial charge in [-0.05, 0) is 41.0 Å². The minimum atomic E-state index is -0.826. The molecule has 0 aromatic heterocycles. The van der Waals surface area contributed by atoms with Crippen molar-refractivity contribution in [3.63, 3.8) is 0 Å². The van der Waals surface area contributed by atoms with Crippen molar-refractivity contribution in [1.29, 1.82) is 0 Å². The molecule has 0 radical (unpaired) electrons.